The predicted molar refractivity (Wildman–Crippen MR) is 75.2 cm³/mol. The number of rotatable bonds is 8. The second-order valence-corrected chi connectivity index (χ2v) is 4.33. The summed E-state index contributed by atoms with van der Waals surface area (Å²) in [6.45, 7) is -0.786. The number of aromatic nitrogens is 2. The van der Waals surface area contributed by atoms with Gasteiger partial charge in [-0.15, -0.1) is 0 Å². The molecule has 0 aromatic carbocycles. The molecule has 0 saturated heterocycles. The Morgan fingerprint density at radius 2 is 2.18 bits per heavy atom. The van der Waals surface area contributed by atoms with Gasteiger partial charge in [0, 0.05) is 19.2 Å². The molecule has 0 atom stereocenters. The van der Waals surface area contributed by atoms with Gasteiger partial charge >= 0.3 is 6.18 Å². The van der Waals surface area contributed by atoms with E-state index in [-0.39, 0.29) is 11.8 Å². The van der Waals surface area contributed by atoms with Gasteiger partial charge in [0.15, 0.2) is 5.96 Å². The fourth-order valence-electron chi connectivity index (χ4n) is 1.50. The fourth-order valence-corrected chi connectivity index (χ4v) is 1.50. The molecule has 1 aromatic heterocycles. The third-order valence-electron chi connectivity index (χ3n) is 2.45. The van der Waals surface area contributed by atoms with Crippen molar-refractivity contribution in [3.05, 3.63) is 18.1 Å². The van der Waals surface area contributed by atoms with Gasteiger partial charge in [0.25, 0.3) is 0 Å². The zero-order valence-corrected chi connectivity index (χ0v) is 11.7. The fraction of sp³-hybridized carbons (Fsp3) is 0.500. The highest BCUT2D eigenvalue weighted by atomic mass is 19.4. The monoisotopic (exact) mass is 318 g/mol. The molecule has 0 unspecified atom stereocenters. The Hall–Kier alpha value is -2.39. The third-order valence-corrected chi connectivity index (χ3v) is 2.45. The second-order valence-electron chi connectivity index (χ2n) is 4.33. The molecule has 22 heavy (non-hydrogen) atoms. The molecular weight excluding hydrogens is 301 g/mol. The normalized spacial score (nSPS) is 12.0. The highest BCUT2D eigenvalue weighted by Crippen LogP contribution is 2.14. The van der Waals surface area contributed by atoms with Crippen LogP contribution < -0.4 is 16.4 Å². The van der Waals surface area contributed by atoms with Crippen LogP contribution in [0.15, 0.2) is 17.3 Å². The maximum absolute atomic E-state index is 12.0. The molecule has 0 fully saturated rings. The first-order valence-electron chi connectivity index (χ1n) is 6.53. The lowest BCUT2D eigenvalue weighted by Crippen LogP contribution is -2.26. The average molecular weight is 318 g/mol. The Balaban J connectivity index is 2.48. The zero-order chi connectivity index (χ0) is 16.4. The van der Waals surface area contributed by atoms with E-state index in [1.54, 1.807) is 0 Å². The Kier molecular flexibility index (Phi) is 7.06. The molecule has 122 valence electrons. The van der Waals surface area contributed by atoms with Gasteiger partial charge in [0.2, 0.25) is 6.41 Å². The van der Waals surface area contributed by atoms with Crippen molar-refractivity contribution in [3.63, 3.8) is 0 Å². The van der Waals surface area contributed by atoms with Crippen LogP contribution in [-0.2, 0) is 11.2 Å². The molecule has 0 radical (unpaired) electrons. The number of nitrogens with two attached hydrogens (primary N) is 1. The van der Waals surface area contributed by atoms with E-state index >= 15 is 0 Å². The number of hydrogen-bond donors (Lipinski definition) is 3. The minimum atomic E-state index is -4.40. The summed E-state index contributed by atoms with van der Waals surface area (Å²) in [6, 6.07) is 1.48. The minimum Gasteiger partial charge on any atom is -0.370 e. The van der Waals surface area contributed by atoms with Crippen LogP contribution in [0.5, 0.6) is 0 Å². The summed E-state index contributed by atoms with van der Waals surface area (Å²) >= 11 is 0. The van der Waals surface area contributed by atoms with Gasteiger partial charge in [-0.1, -0.05) is 0 Å². The number of unbranched alkanes of at least 4 members (excludes halogenated alkanes) is 1. The number of aryl methyl sites for hydroxylation is 1. The summed E-state index contributed by atoms with van der Waals surface area (Å²) in [5.41, 5.74) is 5.36. The van der Waals surface area contributed by atoms with Crippen LogP contribution in [0.4, 0.5) is 19.0 Å². The molecular formula is C12H17F3N6O. The standard InChI is InChI=1S/C12H17F3N6O/c13-12(14,15)7-19-11(16)21-10-4-6-18-9(20-10)3-1-2-5-17-8-22/h4,6,8H,1-3,5,7H2,(H,17,22)(H3,16,18,19,20,21). The van der Waals surface area contributed by atoms with E-state index in [0.717, 1.165) is 12.8 Å². The van der Waals surface area contributed by atoms with Crippen molar-refractivity contribution in [3.8, 4) is 0 Å². The summed E-state index contributed by atoms with van der Waals surface area (Å²) in [6.07, 6.45) is -0.180. The van der Waals surface area contributed by atoms with Crippen molar-refractivity contribution in [1.82, 2.24) is 15.3 Å². The first-order chi connectivity index (χ1) is 10.4. The molecule has 0 bridgehead atoms. The number of alkyl halides is 3. The molecule has 4 N–H and O–H groups in total. The quantitative estimate of drug-likeness (QED) is 0.285. The van der Waals surface area contributed by atoms with Crippen molar-refractivity contribution in [2.24, 2.45) is 10.7 Å². The van der Waals surface area contributed by atoms with Crippen LogP contribution in [0, 0.1) is 0 Å². The number of nitrogens with zero attached hydrogens (tertiary/aromatic N) is 3. The number of aliphatic imine (C=N–C) groups is 1. The third kappa shape index (κ3) is 8.02. The highest BCUT2D eigenvalue weighted by molar-refractivity contribution is 5.91. The summed E-state index contributed by atoms with van der Waals surface area (Å²) in [5.74, 6) is 0.441. The Bertz CT molecular complexity index is 506. The van der Waals surface area contributed by atoms with E-state index in [2.05, 4.69) is 25.6 Å². The van der Waals surface area contributed by atoms with Crippen LogP contribution in [0.25, 0.3) is 0 Å². The molecule has 1 aromatic rings. The summed E-state index contributed by atoms with van der Waals surface area (Å²) in [5, 5.41) is 5.02. The van der Waals surface area contributed by atoms with Crippen LogP contribution >= 0.6 is 0 Å². The predicted octanol–water partition coefficient (Wildman–Crippen LogP) is 0.834. The number of halogens is 3. The highest BCUT2D eigenvalue weighted by Gasteiger charge is 2.26. The van der Waals surface area contributed by atoms with E-state index in [1.807, 2.05) is 0 Å². The number of amides is 1. The van der Waals surface area contributed by atoms with Crippen molar-refractivity contribution in [2.45, 2.75) is 25.4 Å². The maximum Gasteiger partial charge on any atom is 0.408 e. The van der Waals surface area contributed by atoms with Crippen molar-refractivity contribution >= 4 is 18.2 Å². The van der Waals surface area contributed by atoms with Gasteiger partial charge < -0.3 is 16.4 Å². The van der Waals surface area contributed by atoms with Crippen LogP contribution in [0.3, 0.4) is 0 Å². The van der Waals surface area contributed by atoms with Gasteiger partial charge in [0.1, 0.15) is 18.2 Å². The van der Waals surface area contributed by atoms with Crippen molar-refractivity contribution in [2.75, 3.05) is 18.4 Å². The van der Waals surface area contributed by atoms with Crippen molar-refractivity contribution < 1.29 is 18.0 Å². The van der Waals surface area contributed by atoms with Crippen molar-refractivity contribution in [1.29, 1.82) is 0 Å². The largest absolute Gasteiger partial charge is 0.408 e. The lowest BCUT2D eigenvalue weighted by atomic mass is 10.2. The molecule has 0 aliphatic carbocycles. The van der Waals surface area contributed by atoms with E-state index in [1.165, 1.54) is 12.3 Å². The number of carbonyl (C=O) groups excluding carboxylic acids is 1. The molecule has 0 aliphatic rings. The Labute approximate surface area is 125 Å². The molecule has 1 rings (SSSR count). The molecule has 1 amide bonds. The molecule has 0 aliphatic heterocycles. The van der Waals surface area contributed by atoms with Gasteiger partial charge in [0.05, 0.1) is 0 Å². The molecule has 0 spiro atoms. The van der Waals surface area contributed by atoms with Gasteiger partial charge in [-0.25, -0.2) is 15.0 Å². The van der Waals surface area contributed by atoms with Crippen LogP contribution in [-0.4, -0.2) is 41.6 Å². The summed E-state index contributed by atoms with van der Waals surface area (Å²) in [7, 11) is 0. The van der Waals surface area contributed by atoms with Crippen LogP contribution in [0.1, 0.15) is 18.7 Å². The molecule has 7 nitrogen and oxygen atoms in total. The number of hydrogen-bond acceptors (Lipinski definition) is 4. The number of anilines is 1. The minimum absolute atomic E-state index is 0.277. The van der Waals surface area contributed by atoms with E-state index in [4.69, 9.17) is 5.73 Å². The lowest BCUT2D eigenvalue weighted by Gasteiger charge is -2.07. The summed E-state index contributed by atoms with van der Waals surface area (Å²) < 4.78 is 36.0. The maximum atomic E-state index is 12.0. The second kappa shape index (κ2) is 8.80. The smallest absolute Gasteiger partial charge is 0.370 e. The number of nitrogens with one attached hydrogen (secondary N) is 2. The van der Waals surface area contributed by atoms with Crippen LogP contribution in [0.2, 0.25) is 0 Å². The number of guanidine groups is 1. The molecule has 0 saturated carbocycles. The Morgan fingerprint density at radius 3 is 2.86 bits per heavy atom. The Morgan fingerprint density at radius 1 is 1.41 bits per heavy atom. The SMILES string of the molecule is NC(=NCC(F)(F)F)Nc1ccnc(CCCCNC=O)n1. The summed E-state index contributed by atoms with van der Waals surface area (Å²) in [4.78, 5) is 21.4. The molecule has 1 heterocycles. The first-order valence-corrected chi connectivity index (χ1v) is 6.53. The lowest BCUT2D eigenvalue weighted by molar-refractivity contribution is -0.118. The van der Waals surface area contributed by atoms with E-state index in [0.29, 0.717) is 25.2 Å². The van der Waals surface area contributed by atoms with E-state index < -0.39 is 12.7 Å². The molecule has 10 heteroatoms. The average Bonchev–Trinajstić information content (AvgIpc) is 2.45. The van der Waals surface area contributed by atoms with Gasteiger partial charge in [-0.05, 0) is 18.9 Å². The first kappa shape index (κ1) is 17.7. The number of carbonyl (C=O) groups is 1. The topological polar surface area (TPSA) is 105 Å². The van der Waals surface area contributed by atoms with Gasteiger partial charge in [-0.3, -0.25) is 4.79 Å². The van der Waals surface area contributed by atoms with Gasteiger partial charge in [-0.2, -0.15) is 13.2 Å². The zero-order valence-electron chi connectivity index (χ0n) is 11.7. The van der Waals surface area contributed by atoms with E-state index in [9.17, 15) is 18.0 Å².